The van der Waals surface area contributed by atoms with Crippen LogP contribution < -0.4 is 11.1 Å². The highest BCUT2D eigenvalue weighted by Gasteiger charge is 2.36. The van der Waals surface area contributed by atoms with Gasteiger partial charge >= 0.3 is 6.18 Å². The average Bonchev–Trinajstić information content (AvgIpc) is 2.34. The van der Waals surface area contributed by atoms with E-state index in [0.29, 0.717) is 0 Å². The Morgan fingerprint density at radius 3 is 2.33 bits per heavy atom. The maximum Gasteiger partial charge on any atom is 0.417 e. The van der Waals surface area contributed by atoms with E-state index in [1.165, 1.54) is 19.9 Å². The molecule has 2 amide bonds. The normalized spacial score (nSPS) is 12.1. The molecular weight excluding hydrogens is 353 g/mol. The number of benzene rings is 1. The summed E-state index contributed by atoms with van der Waals surface area (Å²) in [7, 11) is 0. The summed E-state index contributed by atoms with van der Waals surface area (Å²) >= 11 is 2.93. The summed E-state index contributed by atoms with van der Waals surface area (Å²) in [6.07, 6.45) is -4.66. The Morgan fingerprint density at radius 2 is 1.86 bits per heavy atom. The second kappa shape index (κ2) is 6.05. The Morgan fingerprint density at radius 1 is 1.29 bits per heavy atom. The lowest BCUT2D eigenvalue weighted by Gasteiger charge is -2.21. The minimum absolute atomic E-state index is 0.158. The molecule has 0 saturated carbocycles. The van der Waals surface area contributed by atoms with Gasteiger partial charge in [0.25, 0.3) is 5.91 Å². The van der Waals surface area contributed by atoms with E-state index in [0.717, 1.165) is 12.1 Å². The number of carbonyl (C=O) groups is 2. The van der Waals surface area contributed by atoms with Gasteiger partial charge in [-0.05, 0) is 32.0 Å². The van der Waals surface area contributed by atoms with E-state index < -0.39 is 34.5 Å². The number of halogens is 4. The van der Waals surface area contributed by atoms with Crippen molar-refractivity contribution >= 4 is 27.7 Å². The van der Waals surface area contributed by atoms with Gasteiger partial charge in [0.2, 0.25) is 5.91 Å². The van der Waals surface area contributed by atoms with Crippen LogP contribution >= 0.6 is 15.9 Å². The molecule has 0 aliphatic rings. The summed E-state index contributed by atoms with van der Waals surface area (Å²) in [6.45, 7) is 2.82. The highest BCUT2D eigenvalue weighted by molar-refractivity contribution is 9.10. The summed E-state index contributed by atoms with van der Waals surface area (Å²) in [5, 5.41) is 2.30. The van der Waals surface area contributed by atoms with Gasteiger partial charge in [0, 0.05) is 11.0 Å². The molecule has 0 saturated heterocycles. The molecule has 8 heteroatoms. The van der Waals surface area contributed by atoms with Gasteiger partial charge < -0.3 is 11.1 Å². The summed E-state index contributed by atoms with van der Waals surface area (Å²) in [6, 6.07) is 3.23. The van der Waals surface area contributed by atoms with Gasteiger partial charge in [-0.25, -0.2) is 0 Å². The smallest absolute Gasteiger partial charge is 0.369 e. The molecule has 0 heterocycles. The Bertz CT molecular complexity index is 571. The maximum atomic E-state index is 12.9. The predicted octanol–water partition coefficient (Wildman–Crippen LogP) is 2.71. The Labute approximate surface area is 128 Å². The van der Waals surface area contributed by atoms with Crippen LogP contribution in [0.25, 0.3) is 0 Å². The molecule has 0 radical (unpaired) electrons. The number of nitrogens with one attached hydrogen (secondary N) is 1. The molecule has 0 aliphatic heterocycles. The molecule has 116 valence electrons. The molecule has 0 atom stereocenters. The molecule has 1 rings (SSSR count). The minimum Gasteiger partial charge on any atom is -0.369 e. The van der Waals surface area contributed by atoms with E-state index in [4.69, 9.17) is 5.73 Å². The third-order valence-electron chi connectivity index (χ3n) is 2.89. The zero-order valence-electron chi connectivity index (χ0n) is 11.3. The number of amides is 2. The van der Waals surface area contributed by atoms with E-state index in [9.17, 15) is 22.8 Å². The number of primary amides is 1. The Balaban J connectivity index is 3.01. The van der Waals surface area contributed by atoms with Crippen LogP contribution in [-0.2, 0) is 11.0 Å². The zero-order chi connectivity index (χ0) is 16.4. The van der Waals surface area contributed by atoms with Crippen LogP contribution in [0.5, 0.6) is 0 Å². The molecule has 21 heavy (non-hydrogen) atoms. The van der Waals surface area contributed by atoms with Gasteiger partial charge in [-0.1, -0.05) is 15.9 Å². The third-order valence-corrected chi connectivity index (χ3v) is 3.38. The molecule has 3 N–H and O–H groups in total. The highest BCUT2D eigenvalue weighted by atomic mass is 79.9. The molecule has 0 fully saturated rings. The van der Waals surface area contributed by atoms with Crippen LogP contribution in [0.1, 0.15) is 29.8 Å². The summed E-state index contributed by atoms with van der Waals surface area (Å²) in [4.78, 5) is 23.0. The maximum absolute atomic E-state index is 12.9. The van der Waals surface area contributed by atoms with Crippen LogP contribution in [-0.4, -0.2) is 18.4 Å². The van der Waals surface area contributed by atoms with Crippen LogP contribution in [0.4, 0.5) is 13.2 Å². The van der Waals surface area contributed by atoms with Crippen LogP contribution in [0.3, 0.4) is 0 Å². The lowest BCUT2D eigenvalue weighted by atomic mass is 9.92. The first-order valence-corrected chi connectivity index (χ1v) is 6.69. The first-order valence-electron chi connectivity index (χ1n) is 5.90. The summed E-state index contributed by atoms with van der Waals surface area (Å²) in [5.41, 5.74) is 2.53. The van der Waals surface area contributed by atoms with Crippen LogP contribution in [0.2, 0.25) is 0 Å². The molecule has 1 aromatic rings. The van der Waals surface area contributed by atoms with Crippen molar-refractivity contribution in [3.8, 4) is 0 Å². The molecule has 0 aliphatic carbocycles. The first-order chi connectivity index (χ1) is 9.45. The fourth-order valence-electron chi connectivity index (χ4n) is 1.43. The van der Waals surface area contributed by atoms with E-state index in [2.05, 4.69) is 21.2 Å². The van der Waals surface area contributed by atoms with Gasteiger partial charge in [0.05, 0.1) is 16.5 Å². The van der Waals surface area contributed by atoms with Gasteiger partial charge in [-0.15, -0.1) is 0 Å². The fraction of sp³-hybridized carbons (Fsp3) is 0.385. The second-order valence-corrected chi connectivity index (χ2v) is 6.03. The monoisotopic (exact) mass is 366 g/mol. The molecule has 0 aromatic heterocycles. The number of hydrogen-bond acceptors (Lipinski definition) is 2. The van der Waals surface area contributed by atoms with Crippen LogP contribution in [0.15, 0.2) is 22.7 Å². The number of carbonyl (C=O) groups excluding carboxylic acids is 2. The number of hydrogen-bond donors (Lipinski definition) is 2. The van der Waals surface area contributed by atoms with Gasteiger partial charge in [-0.2, -0.15) is 13.2 Å². The van der Waals surface area contributed by atoms with Crippen molar-refractivity contribution in [3.05, 3.63) is 33.8 Å². The van der Waals surface area contributed by atoms with E-state index in [1.807, 2.05) is 0 Å². The molecule has 4 nitrogen and oxygen atoms in total. The SMILES string of the molecule is CC(C)(CNC(=O)c1ccc(Br)cc1C(F)(F)F)C(N)=O. The van der Waals surface area contributed by atoms with Gasteiger partial charge in [0.1, 0.15) is 0 Å². The zero-order valence-corrected chi connectivity index (χ0v) is 12.9. The van der Waals surface area contributed by atoms with Crippen molar-refractivity contribution in [3.63, 3.8) is 0 Å². The van der Waals surface area contributed by atoms with Crippen molar-refractivity contribution < 1.29 is 22.8 Å². The van der Waals surface area contributed by atoms with Crippen molar-refractivity contribution in [2.24, 2.45) is 11.1 Å². The largest absolute Gasteiger partial charge is 0.417 e. The quantitative estimate of drug-likeness (QED) is 0.859. The fourth-order valence-corrected chi connectivity index (χ4v) is 1.79. The highest BCUT2D eigenvalue weighted by Crippen LogP contribution is 2.33. The molecule has 0 spiro atoms. The van der Waals surface area contributed by atoms with Crippen molar-refractivity contribution in [2.75, 3.05) is 6.54 Å². The van der Waals surface area contributed by atoms with Crippen molar-refractivity contribution in [1.82, 2.24) is 5.32 Å². The predicted molar refractivity (Wildman–Crippen MR) is 74.5 cm³/mol. The lowest BCUT2D eigenvalue weighted by molar-refractivity contribution is -0.138. The Kier molecular flexibility index (Phi) is 5.03. The minimum atomic E-state index is -4.66. The average molecular weight is 367 g/mol. The third kappa shape index (κ3) is 4.45. The molecule has 0 bridgehead atoms. The van der Waals surface area contributed by atoms with E-state index in [1.54, 1.807) is 0 Å². The first kappa shape index (κ1) is 17.5. The summed E-state index contributed by atoms with van der Waals surface area (Å²) in [5.74, 6) is -1.57. The van der Waals surface area contributed by atoms with E-state index in [-0.39, 0.29) is 11.0 Å². The van der Waals surface area contributed by atoms with Gasteiger partial charge in [0.15, 0.2) is 0 Å². The molecule has 1 aromatic carbocycles. The van der Waals surface area contributed by atoms with Crippen LogP contribution in [0, 0.1) is 5.41 Å². The van der Waals surface area contributed by atoms with Gasteiger partial charge in [-0.3, -0.25) is 9.59 Å². The summed E-state index contributed by atoms with van der Waals surface area (Å²) < 4.78 is 39.0. The topological polar surface area (TPSA) is 72.2 Å². The number of rotatable bonds is 4. The Hall–Kier alpha value is -1.57. The number of nitrogens with two attached hydrogens (primary N) is 1. The number of alkyl halides is 3. The molecule has 0 unspecified atom stereocenters. The standard InChI is InChI=1S/C13H14BrF3N2O2/c1-12(2,11(18)21)6-19-10(20)8-4-3-7(14)5-9(8)13(15,16)17/h3-5H,6H2,1-2H3,(H2,18,21)(H,19,20). The lowest BCUT2D eigenvalue weighted by Crippen LogP contribution is -2.42. The molecular formula is C13H14BrF3N2O2. The van der Waals surface area contributed by atoms with Crippen molar-refractivity contribution in [1.29, 1.82) is 0 Å². The second-order valence-electron chi connectivity index (χ2n) is 5.12. The van der Waals surface area contributed by atoms with Crippen molar-refractivity contribution in [2.45, 2.75) is 20.0 Å². The van der Waals surface area contributed by atoms with E-state index >= 15 is 0 Å².